The first-order chi connectivity index (χ1) is 9.17. The Bertz CT molecular complexity index is 675. The fourth-order valence-electron chi connectivity index (χ4n) is 2.03. The highest BCUT2D eigenvalue weighted by Crippen LogP contribution is 2.39. The van der Waals surface area contributed by atoms with Crippen LogP contribution in [-0.2, 0) is 0 Å². The Morgan fingerprint density at radius 1 is 1.37 bits per heavy atom. The number of H-pyrrole nitrogens is 1. The molecule has 2 N–H and O–H groups in total. The largest absolute Gasteiger partial charge is 0.504 e. The molecule has 1 fully saturated rings. The van der Waals surface area contributed by atoms with Crippen LogP contribution in [0, 0.1) is 0 Å². The van der Waals surface area contributed by atoms with Gasteiger partial charge >= 0.3 is 0 Å². The molecule has 1 saturated carbocycles. The van der Waals surface area contributed by atoms with E-state index >= 15 is 0 Å². The highest BCUT2D eigenvalue weighted by atomic mass is 16.5. The van der Waals surface area contributed by atoms with E-state index in [1.807, 2.05) is 0 Å². The van der Waals surface area contributed by atoms with E-state index in [-0.39, 0.29) is 11.3 Å². The Balaban J connectivity index is 2.08. The second-order valence-corrected chi connectivity index (χ2v) is 4.68. The topological polar surface area (TPSA) is 75.2 Å². The van der Waals surface area contributed by atoms with Crippen LogP contribution in [-0.4, -0.2) is 22.2 Å². The maximum absolute atomic E-state index is 11.7. The van der Waals surface area contributed by atoms with E-state index in [0.29, 0.717) is 23.1 Å². The van der Waals surface area contributed by atoms with Gasteiger partial charge < -0.3 is 14.8 Å². The summed E-state index contributed by atoms with van der Waals surface area (Å²) in [6.45, 7) is 0. The van der Waals surface area contributed by atoms with E-state index in [4.69, 9.17) is 4.74 Å². The van der Waals surface area contributed by atoms with Crippen molar-refractivity contribution in [1.29, 1.82) is 0 Å². The Hall–Kier alpha value is -2.30. The first-order valence-electron chi connectivity index (χ1n) is 6.16. The number of phenolic OH excluding ortho intramolecular Hbond substituents is 1. The summed E-state index contributed by atoms with van der Waals surface area (Å²) in [5.41, 5.74) is 1.40. The molecule has 1 aliphatic carbocycles. The molecule has 2 aromatic rings. The van der Waals surface area contributed by atoms with Crippen LogP contribution in [0.2, 0.25) is 0 Å². The number of rotatable bonds is 3. The number of aromatic hydroxyl groups is 1. The number of benzene rings is 1. The van der Waals surface area contributed by atoms with Crippen LogP contribution in [0.3, 0.4) is 0 Å². The van der Waals surface area contributed by atoms with Crippen molar-refractivity contribution in [3.8, 4) is 22.9 Å². The molecule has 1 aliphatic rings. The minimum atomic E-state index is -0.154. The molecule has 0 unspecified atom stereocenters. The van der Waals surface area contributed by atoms with Gasteiger partial charge in [0.05, 0.1) is 12.8 Å². The normalized spacial score (nSPS) is 14.4. The first kappa shape index (κ1) is 11.8. The zero-order chi connectivity index (χ0) is 13.4. The van der Waals surface area contributed by atoms with E-state index in [9.17, 15) is 9.90 Å². The van der Waals surface area contributed by atoms with Crippen molar-refractivity contribution in [2.45, 2.75) is 18.8 Å². The minimum Gasteiger partial charge on any atom is -0.504 e. The Kier molecular flexibility index (Phi) is 2.74. The van der Waals surface area contributed by atoms with Crippen molar-refractivity contribution >= 4 is 0 Å². The summed E-state index contributed by atoms with van der Waals surface area (Å²) < 4.78 is 5.06. The highest BCUT2D eigenvalue weighted by molar-refractivity contribution is 5.60. The Morgan fingerprint density at radius 2 is 2.16 bits per heavy atom. The first-order valence-corrected chi connectivity index (χ1v) is 6.16. The van der Waals surface area contributed by atoms with Crippen molar-refractivity contribution in [2.75, 3.05) is 7.11 Å². The second kappa shape index (κ2) is 4.42. The highest BCUT2D eigenvalue weighted by Gasteiger charge is 2.26. The van der Waals surface area contributed by atoms with Gasteiger partial charge in [-0.15, -0.1) is 0 Å². The lowest BCUT2D eigenvalue weighted by Gasteiger charge is -2.07. The van der Waals surface area contributed by atoms with Crippen LogP contribution in [0.25, 0.3) is 11.4 Å². The van der Waals surface area contributed by atoms with Gasteiger partial charge in [-0.1, -0.05) is 0 Å². The molecule has 98 valence electrons. The summed E-state index contributed by atoms with van der Waals surface area (Å²) in [7, 11) is 1.48. The van der Waals surface area contributed by atoms with E-state index in [2.05, 4.69) is 9.97 Å². The molecular formula is C14H14N2O3. The van der Waals surface area contributed by atoms with Gasteiger partial charge in [-0.25, -0.2) is 4.98 Å². The molecule has 3 rings (SSSR count). The smallest absolute Gasteiger partial charge is 0.251 e. The standard InChI is InChI=1S/C14H14N2O3/c1-19-12-6-9(4-5-11(12)17)14-15-10(8-2-3-8)7-13(18)16-14/h4-8,17H,2-3H2,1H3,(H,15,16,18). The number of nitrogens with one attached hydrogen (secondary N) is 1. The number of phenols is 1. The number of ether oxygens (including phenoxy) is 1. The number of aromatic amines is 1. The summed E-state index contributed by atoms with van der Waals surface area (Å²) in [4.78, 5) is 18.9. The van der Waals surface area contributed by atoms with Crippen LogP contribution in [0.5, 0.6) is 11.5 Å². The SMILES string of the molecule is COc1cc(-c2nc(C3CC3)cc(=O)[nH]2)ccc1O. The van der Waals surface area contributed by atoms with E-state index in [0.717, 1.165) is 18.5 Å². The van der Waals surface area contributed by atoms with E-state index < -0.39 is 0 Å². The molecule has 1 aromatic carbocycles. The maximum Gasteiger partial charge on any atom is 0.251 e. The van der Waals surface area contributed by atoms with E-state index in [1.54, 1.807) is 18.2 Å². The van der Waals surface area contributed by atoms with Gasteiger partial charge in [-0.05, 0) is 31.0 Å². The van der Waals surface area contributed by atoms with Crippen LogP contribution < -0.4 is 10.3 Å². The minimum absolute atomic E-state index is 0.0620. The molecule has 5 nitrogen and oxygen atoms in total. The van der Waals surface area contributed by atoms with Gasteiger partial charge in [0.2, 0.25) is 0 Å². The predicted octanol–water partition coefficient (Wildman–Crippen LogP) is 2.03. The molecule has 1 heterocycles. The van der Waals surface area contributed by atoms with Crippen LogP contribution in [0.15, 0.2) is 29.1 Å². The molecule has 1 aromatic heterocycles. The fourth-order valence-corrected chi connectivity index (χ4v) is 2.03. The zero-order valence-corrected chi connectivity index (χ0v) is 10.5. The molecule has 5 heteroatoms. The molecule has 0 saturated heterocycles. The van der Waals surface area contributed by atoms with Crippen molar-refractivity contribution in [2.24, 2.45) is 0 Å². The third-order valence-electron chi connectivity index (χ3n) is 3.21. The lowest BCUT2D eigenvalue weighted by atomic mass is 10.1. The van der Waals surface area contributed by atoms with Crippen molar-refractivity contribution in [1.82, 2.24) is 9.97 Å². The average molecular weight is 258 g/mol. The number of nitrogens with zero attached hydrogens (tertiary/aromatic N) is 1. The van der Waals surface area contributed by atoms with Crippen LogP contribution in [0.1, 0.15) is 24.5 Å². The number of hydrogen-bond donors (Lipinski definition) is 2. The van der Waals surface area contributed by atoms with Gasteiger partial charge in [-0.2, -0.15) is 0 Å². The number of methoxy groups -OCH3 is 1. The fraction of sp³-hybridized carbons (Fsp3) is 0.286. The summed E-state index contributed by atoms with van der Waals surface area (Å²) in [5.74, 6) is 1.34. The molecule has 0 aliphatic heterocycles. The predicted molar refractivity (Wildman–Crippen MR) is 70.5 cm³/mol. The molecule has 0 spiro atoms. The molecule has 0 amide bonds. The van der Waals surface area contributed by atoms with Crippen molar-refractivity contribution in [3.05, 3.63) is 40.3 Å². The molecule has 0 atom stereocenters. The number of hydrogen-bond acceptors (Lipinski definition) is 4. The molecule has 0 radical (unpaired) electrons. The quantitative estimate of drug-likeness (QED) is 0.883. The van der Waals surface area contributed by atoms with E-state index in [1.165, 1.54) is 13.2 Å². The monoisotopic (exact) mass is 258 g/mol. The van der Waals surface area contributed by atoms with Gasteiger partial charge in [0.1, 0.15) is 5.82 Å². The molecular weight excluding hydrogens is 244 g/mol. The summed E-state index contributed by atoms with van der Waals surface area (Å²) in [5, 5.41) is 9.57. The molecule has 0 bridgehead atoms. The lowest BCUT2D eigenvalue weighted by Crippen LogP contribution is -2.09. The maximum atomic E-state index is 11.7. The average Bonchev–Trinajstić information content (AvgIpc) is 3.23. The van der Waals surface area contributed by atoms with Crippen LogP contribution in [0.4, 0.5) is 0 Å². The third-order valence-corrected chi connectivity index (χ3v) is 3.21. The van der Waals surface area contributed by atoms with Crippen molar-refractivity contribution in [3.63, 3.8) is 0 Å². The third kappa shape index (κ3) is 2.31. The van der Waals surface area contributed by atoms with Gasteiger partial charge in [0, 0.05) is 17.5 Å². The lowest BCUT2D eigenvalue weighted by molar-refractivity contribution is 0.373. The van der Waals surface area contributed by atoms with Gasteiger partial charge in [-0.3, -0.25) is 4.79 Å². The molecule has 19 heavy (non-hydrogen) atoms. The Morgan fingerprint density at radius 3 is 2.84 bits per heavy atom. The summed E-state index contributed by atoms with van der Waals surface area (Å²) in [6.07, 6.45) is 2.18. The number of aromatic nitrogens is 2. The van der Waals surface area contributed by atoms with Crippen molar-refractivity contribution < 1.29 is 9.84 Å². The second-order valence-electron chi connectivity index (χ2n) is 4.68. The van der Waals surface area contributed by atoms with Gasteiger partial charge in [0.15, 0.2) is 11.5 Å². The summed E-state index contributed by atoms with van der Waals surface area (Å²) in [6, 6.07) is 6.44. The Labute approximate surface area is 109 Å². The van der Waals surface area contributed by atoms with Gasteiger partial charge in [0.25, 0.3) is 5.56 Å². The van der Waals surface area contributed by atoms with Crippen LogP contribution >= 0.6 is 0 Å². The summed E-state index contributed by atoms with van der Waals surface area (Å²) >= 11 is 0. The zero-order valence-electron chi connectivity index (χ0n) is 10.5.